The molecule has 102 valence electrons. The van der Waals surface area contributed by atoms with Crippen LogP contribution in [0.1, 0.15) is 59.3 Å². The molecule has 2 nitrogen and oxygen atoms in total. The molecule has 1 unspecified atom stereocenters. The van der Waals surface area contributed by atoms with Gasteiger partial charge in [0.25, 0.3) is 0 Å². The summed E-state index contributed by atoms with van der Waals surface area (Å²) in [6.07, 6.45) is 7.63. The molecular weight excluding hydrogens is 319 g/mol. The molecule has 0 bridgehead atoms. The fourth-order valence-corrected chi connectivity index (χ4v) is 3.91. The van der Waals surface area contributed by atoms with E-state index in [0.717, 1.165) is 23.1 Å². The summed E-state index contributed by atoms with van der Waals surface area (Å²) in [7, 11) is 0. The average molecular weight is 349 g/mol. The molecule has 0 aliphatic heterocycles. The summed E-state index contributed by atoms with van der Waals surface area (Å²) in [5.41, 5.74) is 0. The van der Waals surface area contributed by atoms with Crippen LogP contribution in [-0.2, 0) is 9.47 Å². The second-order valence-corrected chi connectivity index (χ2v) is 7.14. The van der Waals surface area contributed by atoms with Gasteiger partial charge < -0.3 is 0 Å². The Balaban J connectivity index is 3.27. The first kappa shape index (κ1) is 17.7. The first-order valence-corrected chi connectivity index (χ1v) is 9.07. The van der Waals surface area contributed by atoms with E-state index in [-0.39, 0.29) is 0 Å². The van der Waals surface area contributed by atoms with Gasteiger partial charge in [0.15, 0.2) is 0 Å². The summed E-state index contributed by atoms with van der Waals surface area (Å²) >= 11 is 1.30. The van der Waals surface area contributed by atoms with Gasteiger partial charge in [-0.1, -0.05) is 0 Å². The van der Waals surface area contributed by atoms with E-state index in [1.165, 1.54) is 61.0 Å². The molecule has 0 saturated heterocycles. The maximum atomic E-state index is 5.60. The van der Waals surface area contributed by atoms with Gasteiger partial charge in [0.2, 0.25) is 0 Å². The summed E-state index contributed by atoms with van der Waals surface area (Å²) in [5, 5.41) is 0. The van der Waals surface area contributed by atoms with Crippen LogP contribution in [0.5, 0.6) is 0 Å². The van der Waals surface area contributed by atoms with E-state index in [1.54, 1.807) is 0 Å². The van der Waals surface area contributed by atoms with E-state index in [0.29, 0.717) is 6.79 Å². The maximum absolute atomic E-state index is 5.60. The second kappa shape index (κ2) is 13.2. The summed E-state index contributed by atoms with van der Waals surface area (Å²) in [6, 6.07) is 0. The van der Waals surface area contributed by atoms with Crippen molar-refractivity contribution in [1.82, 2.24) is 0 Å². The molecule has 0 spiro atoms. The van der Waals surface area contributed by atoms with Gasteiger partial charge in [0.05, 0.1) is 0 Å². The normalized spacial score (nSPS) is 13.2. The predicted molar refractivity (Wildman–Crippen MR) is 75.9 cm³/mol. The quantitative estimate of drug-likeness (QED) is 0.304. The van der Waals surface area contributed by atoms with Crippen LogP contribution >= 0.6 is 0 Å². The number of unbranched alkanes of at least 4 members (excludes halogenated alkanes) is 3. The molecule has 0 heterocycles. The van der Waals surface area contributed by atoms with Crippen molar-refractivity contribution in [2.45, 2.75) is 63.2 Å². The zero-order valence-electron chi connectivity index (χ0n) is 11.9. The first-order chi connectivity index (χ1) is 8.26. The molecule has 0 N–H and O–H groups in total. The standard InChI is InChI=1S/C14H29O2.Sn.H/c1-4-7-8-9-11-15-13-16-12-10-14(5-2)6-3;;/h10,14H,4-9,11-13H2,1-3H3;;. The molecule has 2 radical (unpaired) electrons. The summed E-state index contributed by atoms with van der Waals surface area (Å²) in [6.45, 7) is 9.03. The monoisotopic (exact) mass is 350 g/mol. The molecule has 0 aromatic rings. The van der Waals surface area contributed by atoms with Crippen molar-refractivity contribution in [1.29, 1.82) is 0 Å². The third kappa shape index (κ3) is 10.3. The Labute approximate surface area is 121 Å². The predicted octanol–water partition coefficient (Wildman–Crippen LogP) is 3.68. The third-order valence-corrected chi connectivity index (χ3v) is 5.38. The van der Waals surface area contributed by atoms with Crippen molar-refractivity contribution < 1.29 is 9.47 Å². The van der Waals surface area contributed by atoms with Gasteiger partial charge in [-0.05, 0) is 0 Å². The van der Waals surface area contributed by atoms with Crippen molar-refractivity contribution in [2.24, 2.45) is 5.92 Å². The van der Waals surface area contributed by atoms with Gasteiger partial charge in [-0.3, -0.25) is 0 Å². The van der Waals surface area contributed by atoms with E-state index in [4.69, 9.17) is 9.47 Å². The van der Waals surface area contributed by atoms with E-state index >= 15 is 0 Å². The van der Waals surface area contributed by atoms with E-state index in [2.05, 4.69) is 20.8 Å². The van der Waals surface area contributed by atoms with Crippen LogP contribution in [0, 0.1) is 5.92 Å². The molecule has 0 saturated carbocycles. The Kier molecular flexibility index (Phi) is 13.7. The van der Waals surface area contributed by atoms with Crippen molar-refractivity contribution in [3.8, 4) is 0 Å². The van der Waals surface area contributed by atoms with Gasteiger partial charge in [0, 0.05) is 0 Å². The Morgan fingerprint density at radius 1 is 0.941 bits per heavy atom. The van der Waals surface area contributed by atoms with Gasteiger partial charge in [-0.15, -0.1) is 0 Å². The third-order valence-electron chi connectivity index (χ3n) is 3.27. The Bertz CT molecular complexity index is 149. The van der Waals surface area contributed by atoms with Crippen molar-refractivity contribution >= 4 is 22.5 Å². The Hall–Kier alpha value is 0.719. The van der Waals surface area contributed by atoms with Crippen LogP contribution < -0.4 is 0 Å². The van der Waals surface area contributed by atoms with Crippen molar-refractivity contribution in [3.63, 3.8) is 0 Å². The molecule has 0 amide bonds. The first-order valence-electron chi connectivity index (χ1n) is 7.17. The van der Waals surface area contributed by atoms with Crippen LogP contribution in [-0.4, -0.2) is 42.5 Å². The molecular formula is C14H30O2Sn. The van der Waals surface area contributed by atoms with Gasteiger partial charge >= 0.3 is 121 Å². The summed E-state index contributed by atoms with van der Waals surface area (Å²) < 4.78 is 11.8. The van der Waals surface area contributed by atoms with E-state index in [1.807, 2.05) is 0 Å². The molecule has 0 rings (SSSR count). The average Bonchev–Trinajstić information content (AvgIpc) is 2.34. The molecule has 0 aromatic carbocycles. The zero-order chi connectivity index (χ0) is 12.9. The van der Waals surface area contributed by atoms with Crippen LogP contribution in [0.3, 0.4) is 0 Å². The number of rotatable bonds is 12. The van der Waals surface area contributed by atoms with Gasteiger partial charge in [-0.25, -0.2) is 0 Å². The fourth-order valence-electron chi connectivity index (χ4n) is 1.96. The SMILES string of the molecule is CCCCCCOCOC[CH]([SnH])C(CC)CC. The number of hydrogen-bond acceptors (Lipinski definition) is 2. The number of hydrogen-bond donors (Lipinski definition) is 0. The molecule has 17 heavy (non-hydrogen) atoms. The molecule has 0 aromatic heterocycles. The summed E-state index contributed by atoms with van der Waals surface area (Å²) in [5.74, 6) is 0.849. The Morgan fingerprint density at radius 3 is 2.24 bits per heavy atom. The van der Waals surface area contributed by atoms with Gasteiger partial charge in [-0.2, -0.15) is 0 Å². The number of ether oxygens (including phenoxy) is 2. The van der Waals surface area contributed by atoms with Gasteiger partial charge in [0.1, 0.15) is 0 Å². The minimum absolute atomic E-state index is 0.490. The molecule has 0 aliphatic rings. The Morgan fingerprint density at radius 2 is 1.65 bits per heavy atom. The van der Waals surface area contributed by atoms with E-state index < -0.39 is 0 Å². The second-order valence-electron chi connectivity index (χ2n) is 4.70. The minimum atomic E-state index is 0.490. The van der Waals surface area contributed by atoms with Crippen LogP contribution in [0.2, 0.25) is 3.93 Å². The van der Waals surface area contributed by atoms with Crippen molar-refractivity contribution in [2.75, 3.05) is 20.0 Å². The van der Waals surface area contributed by atoms with E-state index in [9.17, 15) is 0 Å². The molecule has 0 aliphatic carbocycles. The molecule has 0 fully saturated rings. The zero-order valence-corrected chi connectivity index (χ0v) is 15.2. The summed E-state index contributed by atoms with van der Waals surface area (Å²) in [4.78, 5) is 0. The van der Waals surface area contributed by atoms with Crippen molar-refractivity contribution in [3.05, 3.63) is 0 Å². The topological polar surface area (TPSA) is 18.5 Å². The fraction of sp³-hybridized carbons (Fsp3) is 1.00. The molecule has 3 heteroatoms. The van der Waals surface area contributed by atoms with Crippen LogP contribution in [0.25, 0.3) is 0 Å². The van der Waals surface area contributed by atoms with Crippen LogP contribution in [0.4, 0.5) is 0 Å². The van der Waals surface area contributed by atoms with Crippen LogP contribution in [0.15, 0.2) is 0 Å². The molecule has 1 atom stereocenters.